The number of anilines is 2. The molecule has 0 atom stereocenters. The molecule has 1 aromatic rings. The first kappa shape index (κ1) is 19.9. The summed E-state index contributed by atoms with van der Waals surface area (Å²) in [5.41, 5.74) is 2.81. The van der Waals surface area contributed by atoms with Gasteiger partial charge in [0.05, 0.1) is 0 Å². The van der Waals surface area contributed by atoms with Crippen molar-refractivity contribution in [2.45, 2.75) is 39.0 Å². The Labute approximate surface area is 153 Å². The molecule has 0 aliphatic carbocycles. The Morgan fingerprint density at radius 3 is 2.65 bits per heavy atom. The zero-order valence-electron chi connectivity index (χ0n) is 15.2. The number of hydrogen-bond donors (Lipinski definition) is 3. The molecule has 0 saturated carbocycles. The number of amides is 2. The summed E-state index contributed by atoms with van der Waals surface area (Å²) in [6.45, 7) is 4.55. The molecule has 2 aliphatic heterocycles. The van der Waals surface area contributed by atoms with Crippen LogP contribution >= 0.6 is 0 Å². The molecule has 2 amide bonds. The molecule has 2 aliphatic rings. The highest BCUT2D eigenvalue weighted by Gasteiger charge is 2.23. The second-order valence-corrected chi connectivity index (χ2v) is 6.70. The van der Waals surface area contributed by atoms with Crippen LogP contribution in [0.5, 0.6) is 0 Å². The maximum absolute atomic E-state index is 12.2. The van der Waals surface area contributed by atoms with Gasteiger partial charge in [-0.25, -0.2) is 0 Å². The second kappa shape index (κ2) is 9.91. The predicted molar refractivity (Wildman–Crippen MR) is 100 cm³/mol. The molecule has 7 heteroatoms. The van der Waals surface area contributed by atoms with Gasteiger partial charge in [0.15, 0.2) is 0 Å². The smallest absolute Gasteiger partial charge is 0.290 e. The van der Waals surface area contributed by atoms with Gasteiger partial charge in [-0.05, 0) is 69.0 Å². The summed E-state index contributed by atoms with van der Waals surface area (Å²) in [4.78, 5) is 34.3. The van der Waals surface area contributed by atoms with Crippen molar-refractivity contribution in [3.05, 3.63) is 23.8 Å². The second-order valence-electron chi connectivity index (χ2n) is 6.70. The number of aryl methyl sites for hydroxylation is 1. The highest BCUT2D eigenvalue weighted by Crippen LogP contribution is 2.27. The van der Waals surface area contributed by atoms with Crippen molar-refractivity contribution < 1.29 is 19.5 Å². The highest BCUT2D eigenvalue weighted by atomic mass is 16.3. The van der Waals surface area contributed by atoms with Crippen molar-refractivity contribution in [1.82, 2.24) is 5.32 Å². The lowest BCUT2D eigenvalue weighted by Crippen LogP contribution is -2.30. The van der Waals surface area contributed by atoms with Crippen LogP contribution in [0, 0.1) is 12.8 Å². The first-order chi connectivity index (χ1) is 12.5. The molecule has 1 aromatic carbocycles. The Morgan fingerprint density at radius 2 is 2.08 bits per heavy atom. The molecule has 142 valence electrons. The van der Waals surface area contributed by atoms with Crippen molar-refractivity contribution in [3.8, 4) is 0 Å². The molecular weight excluding hydrogens is 334 g/mol. The summed E-state index contributed by atoms with van der Waals surface area (Å²) < 4.78 is 0. The molecule has 3 N–H and O–H groups in total. The molecule has 2 heterocycles. The largest absolute Gasteiger partial charge is 0.483 e. The Morgan fingerprint density at radius 1 is 1.38 bits per heavy atom. The zero-order valence-corrected chi connectivity index (χ0v) is 15.2. The topological polar surface area (TPSA) is 98.7 Å². The SMILES string of the molecule is Cc1cc(NC(=O)CC2CCNCC2)ccc1N1CCCC1=O.O=CO. The van der Waals surface area contributed by atoms with Crippen molar-refractivity contribution in [3.63, 3.8) is 0 Å². The standard InChI is InChI=1S/C18H25N3O2.CH2O2/c1-13-11-15(4-5-16(13)21-10-2-3-18(21)23)20-17(22)12-14-6-8-19-9-7-14;2-1-3/h4-5,11,14,19H,2-3,6-10,12H2,1H3,(H,20,22);1H,(H,2,3). The molecule has 2 fully saturated rings. The van der Waals surface area contributed by atoms with Crippen LogP contribution in [0.3, 0.4) is 0 Å². The number of carboxylic acid groups (broad SMARTS) is 1. The highest BCUT2D eigenvalue weighted by molar-refractivity contribution is 5.97. The lowest BCUT2D eigenvalue weighted by molar-refractivity contribution is -0.123. The Hall–Kier alpha value is -2.41. The van der Waals surface area contributed by atoms with E-state index in [1.807, 2.05) is 30.0 Å². The molecule has 0 aromatic heterocycles. The maximum atomic E-state index is 12.2. The summed E-state index contributed by atoms with van der Waals surface area (Å²) in [6, 6.07) is 5.80. The van der Waals surface area contributed by atoms with Gasteiger partial charge in [0.1, 0.15) is 0 Å². The molecule has 0 radical (unpaired) electrons. The summed E-state index contributed by atoms with van der Waals surface area (Å²) in [6.07, 6.45) is 4.29. The van der Waals surface area contributed by atoms with Gasteiger partial charge in [0, 0.05) is 30.8 Å². The predicted octanol–water partition coefficient (Wildman–Crippen LogP) is 2.15. The third-order valence-corrected chi connectivity index (χ3v) is 4.78. The van der Waals surface area contributed by atoms with Gasteiger partial charge in [-0.15, -0.1) is 0 Å². The van der Waals surface area contributed by atoms with E-state index in [1.165, 1.54) is 0 Å². The van der Waals surface area contributed by atoms with Crippen LogP contribution < -0.4 is 15.5 Å². The lowest BCUT2D eigenvalue weighted by atomic mass is 9.94. The molecule has 7 nitrogen and oxygen atoms in total. The van der Waals surface area contributed by atoms with Crippen LogP contribution in [0.1, 0.15) is 37.7 Å². The van der Waals surface area contributed by atoms with E-state index in [4.69, 9.17) is 9.90 Å². The Bertz CT molecular complexity index is 642. The summed E-state index contributed by atoms with van der Waals surface area (Å²) in [5.74, 6) is 0.760. The number of carbonyl (C=O) groups excluding carboxylic acids is 2. The number of piperidine rings is 1. The van der Waals surface area contributed by atoms with Crippen molar-refractivity contribution in [1.29, 1.82) is 0 Å². The van der Waals surface area contributed by atoms with Crippen molar-refractivity contribution >= 4 is 29.7 Å². The molecule has 2 saturated heterocycles. The number of hydrogen-bond acceptors (Lipinski definition) is 4. The number of rotatable bonds is 4. The Balaban J connectivity index is 0.000000758. The summed E-state index contributed by atoms with van der Waals surface area (Å²) >= 11 is 0. The van der Waals surface area contributed by atoms with E-state index in [1.54, 1.807) is 0 Å². The van der Waals surface area contributed by atoms with E-state index in [9.17, 15) is 9.59 Å². The van der Waals surface area contributed by atoms with Gasteiger partial charge in [-0.1, -0.05) is 0 Å². The normalized spacial score (nSPS) is 17.4. The average Bonchev–Trinajstić information content (AvgIpc) is 3.02. The van der Waals surface area contributed by atoms with Crippen LogP contribution in [-0.2, 0) is 14.4 Å². The van der Waals surface area contributed by atoms with E-state index >= 15 is 0 Å². The summed E-state index contributed by atoms with van der Waals surface area (Å²) in [7, 11) is 0. The molecule has 0 unspecified atom stereocenters. The van der Waals surface area contributed by atoms with Gasteiger partial charge >= 0.3 is 0 Å². The van der Waals surface area contributed by atoms with Crippen LogP contribution in [0.25, 0.3) is 0 Å². The molecule has 26 heavy (non-hydrogen) atoms. The molecular formula is C19H27N3O4. The van der Waals surface area contributed by atoms with Crippen molar-refractivity contribution in [2.75, 3.05) is 29.9 Å². The summed E-state index contributed by atoms with van der Waals surface area (Å²) in [5, 5.41) is 13.2. The van der Waals surface area contributed by atoms with Crippen LogP contribution in [0.2, 0.25) is 0 Å². The van der Waals surface area contributed by atoms with Gasteiger partial charge < -0.3 is 20.6 Å². The number of nitrogens with zero attached hydrogens (tertiary/aromatic N) is 1. The minimum Gasteiger partial charge on any atom is -0.483 e. The van der Waals surface area contributed by atoms with Gasteiger partial charge in [-0.3, -0.25) is 14.4 Å². The Kier molecular flexibility index (Phi) is 7.59. The average molecular weight is 361 g/mol. The number of benzene rings is 1. The zero-order chi connectivity index (χ0) is 18.9. The fraction of sp³-hybridized carbons (Fsp3) is 0.526. The van der Waals surface area contributed by atoms with E-state index in [0.717, 1.165) is 55.8 Å². The van der Waals surface area contributed by atoms with Crippen LogP contribution in [0.4, 0.5) is 11.4 Å². The van der Waals surface area contributed by atoms with Gasteiger partial charge in [0.2, 0.25) is 11.8 Å². The lowest BCUT2D eigenvalue weighted by Gasteiger charge is -2.22. The minimum atomic E-state index is -0.250. The van der Waals surface area contributed by atoms with Gasteiger partial charge in [-0.2, -0.15) is 0 Å². The number of nitrogens with one attached hydrogen (secondary N) is 2. The first-order valence-corrected chi connectivity index (χ1v) is 9.04. The van der Waals surface area contributed by atoms with Crippen LogP contribution in [0.15, 0.2) is 18.2 Å². The third-order valence-electron chi connectivity index (χ3n) is 4.78. The first-order valence-electron chi connectivity index (χ1n) is 9.04. The van der Waals surface area contributed by atoms with Crippen LogP contribution in [-0.4, -0.2) is 43.0 Å². The quantitative estimate of drug-likeness (QED) is 0.714. The third kappa shape index (κ3) is 5.56. The van der Waals surface area contributed by atoms with E-state index in [2.05, 4.69) is 10.6 Å². The molecule has 0 bridgehead atoms. The van der Waals surface area contributed by atoms with Gasteiger partial charge in [0.25, 0.3) is 6.47 Å². The fourth-order valence-electron chi connectivity index (χ4n) is 3.50. The molecule has 0 spiro atoms. The number of carbonyl (C=O) groups is 3. The van der Waals surface area contributed by atoms with E-state index in [-0.39, 0.29) is 18.3 Å². The van der Waals surface area contributed by atoms with E-state index < -0.39 is 0 Å². The maximum Gasteiger partial charge on any atom is 0.290 e. The minimum absolute atomic E-state index is 0.0845. The fourth-order valence-corrected chi connectivity index (χ4v) is 3.50. The van der Waals surface area contributed by atoms with Crippen molar-refractivity contribution in [2.24, 2.45) is 5.92 Å². The van der Waals surface area contributed by atoms with E-state index in [0.29, 0.717) is 18.8 Å². The molecule has 3 rings (SSSR count). The monoisotopic (exact) mass is 361 g/mol.